The zero-order valence-electron chi connectivity index (χ0n) is 24.4. The topological polar surface area (TPSA) is 112 Å². The van der Waals surface area contributed by atoms with Crippen molar-refractivity contribution in [3.05, 3.63) is 71.2 Å². The number of imidazole rings is 1. The summed E-state index contributed by atoms with van der Waals surface area (Å²) in [6.07, 6.45) is 6.57. The van der Waals surface area contributed by atoms with Gasteiger partial charge in [0, 0.05) is 50.4 Å². The SMILES string of the molecule is CCCCc1nc(-c2ccc(CC(CN3CCCNC3=O)NC(=O)c3ccc(OC(C)C)c(C#N)c3)cc2)cn1C. The van der Waals surface area contributed by atoms with Crippen molar-refractivity contribution in [1.29, 1.82) is 5.26 Å². The Morgan fingerprint density at radius 1 is 1.22 bits per heavy atom. The molecule has 1 aromatic heterocycles. The molecule has 41 heavy (non-hydrogen) atoms. The predicted octanol–water partition coefficient (Wildman–Crippen LogP) is 4.84. The molecular formula is C32H40N6O3. The van der Waals surface area contributed by atoms with Gasteiger partial charge >= 0.3 is 6.03 Å². The number of carbonyl (C=O) groups is 2. The molecule has 2 N–H and O–H groups in total. The van der Waals surface area contributed by atoms with Gasteiger partial charge in [-0.3, -0.25) is 4.79 Å². The summed E-state index contributed by atoms with van der Waals surface area (Å²) in [4.78, 5) is 32.4. The van der Waals surface area contributed by atoms with E-state index >= 15 is 0 Å². The van der Waals surface area contributed by atoms with Gasteiger partial charge in [-0.15, -0.1) is 0 Å². The Morgan fingerprint density at radius 3 is 2.68 bits per heavy atom. The zero-order valence-corrected chi connectivity index (χ0v) is 24.4. The van der Waals surface area contributed by atoms with Gasteiger partial charge in [-0.1, -0.05) is 37.6 Å². The third kappa shape index (κ3) is 7.88. The lowest BCUT2D eigenvalue weighted by molar-refractivity contribution is 0.0924. The molecule has 1 unspecified atom stereocenters. The van der Waals surface area contributed by atoms with E-state index in [9.17, 15) is 14.9 Å². The van der Waals surface area contributed by atoms with Crippen molar-refractivity contribution in [1.82, 2.24) is 25.1 Å². The quantitative estimate of drug-likeness (QED) is 0.331. The first kappa shape index (κ1) is 29.7. The van der Waals surface area contributed by atoms with Crippen molar-refractivity contribution in [2.24, 2.45) is 7.05 Å². The highest BCUT2D eigenvalue weighted by molar-refractivity contribution is 5.95. The molecule has 0 spiro atoms. The van der Waals surface area contributed by atoms with Gasteiger partial charge in [0.1, 0.15) is 17.6 Å². The van der Waals surface area contributed by atoms with Crippen LogP contribution in [0, 0.1) is 11.3 Å². The second-order valence-corrected chi connectivity index (χ2v) is 10.8. The molecule has 0 radical (unpaired) electrons. The summed E-state index contributed by atoms with van der Waals surface area (Å²) in [5.41, 5.74) is 3.70. The number of carbonyl (C=O) groups excluding carboxylic acids is 2. The zero-order chi connectivity index (χ0) is 29.4. The normalized spacial score (nSPS) is 14.0. The van der Waals surface area contributed by atoms with Gasteiger partial charge in [-0.05, 0) is 56.9 Å². The largest absolute Gasteiger partial charge is 0.490 e. The molecule has 1 aliphatic heterocycles. The van der Waals surface area contributed by atoms with Crippen molar-refractivity contribution >= 4 is 11.9 Å². The average molecular weight is 557 g/mol. The summed E-state index contributed by atoms with van der Waals surface area (Å²) in [6, 6.07) is 14.8. The van der Waals surface area contributed by atoms with E-state index in [0.29, 0.717) is 42.9 Å². The number of hydrogen-bond donors (Lipinski definition) is 2. The molecule has 2 heterocycles. The number of unbranched alkanes of at least 4 members (excludes halogenated alkanes) is 1. The first-order chi connectivity index (χ1) is 19.8. The van der Waals surface area contributed by atoms with E-state index in [4.69, 9.17) is 9.72 Å². The molecule has 1 aliphatic rings. The fourth-order valence-corrected chi connectivity index (χ4v) is 4.97. The van der Waals surface area contributed by atoms with Crippen LogP contribution < -0.4 is 15.4 Å². The summed E-state index contributed by atoms with van der Waals surface area (Å²) in [7, 11) is 2.03. The summed E-state index contributed by atoms with van der Waals surface area (Å²) >= 11 is 0. The molecule has 1 fully saturated rings. The number of benzene rings is 2. The highest BCUT2D eigenvalue weighted by atomic mass is 16.5. The Morgan fingerprint density at radius 2 is 2.00 bits per heavy atom. The van der Waals surface area contributed by atoms with Gasteiger partial charge in [0.2, 0.25) is 0 Å². The molecular weight excluding hydrogens is 516 g/mol. The second-order valence-electron chi connectivity index (χ2n) is 10.8. The van der Waals surface area contributed by atoms with E-state index in [1.807, 2.05) is 20.9 Å². The second kappa shape index (κ2) is 13.8. The molecule has 1 atom stereocenters. The number of nitriles is 1. The third-order valence-corrected chi connectivity index (χ3v) is 7.13. The molecule has 0 aliphatic carbocycles. The van der Waals surface area contributed by atoms with Gasteiger partial charge in [-0.25, -0.2) is 9.78 Å². The number of hydrogen-bond acceptors (Lipinski definition) is 5. The third-order valence-electron chi connectivity index (χ3n) is 7.13. The molecule has 4 rings (SSSR count). The number of aromatic nitrogens is 2. The van der Waals surface area contributed by atoms with E-state index in [-0.39, 0.29) is 24.1 Å². The van der Waals surface area contributed by atoms with Crippen LogP contribution in [0.5, 0.6) is 5.75 Å². The monoisotopic (exact) mass is 556 g/mol. The summed E-state index contributed by atoms with van der Waals surface area (Å²) in [6.45, 7) is 7.62. The maximum Gasteiger partial charge on any atom is 0.317 e. The number of nitrogens with one attached hydrogen (secondary N) is 2. The standard InChI is InChI=1S/C32H40N6O3/c1-5-6-8-30-36-28(21-37(30)4)24-11-9-23(10-12-24)17-27(20-38-16-7-15-34-32(38)40)35-31(39)25-13-14-29(41-22(2)3)26(18-25)19-33/h9-14,18,21-22,27H,5-8,15-17,20H2,1-4H3,(H,34,40)(H,35,39). The minimum atomic E-state index is -0.329. The van der Waals surface area contributed by atoms with Gasteiger partial charge in [0.05, 0.1) is 23.4 Å². The first-order valence-corrected chi connectivity index (χ1v) is 14.4. The summed E-state index contributed by atoms with van der Waals surface area (Å²) < 4.78 is 7.79. The number of amides is 3. The van der Waals surface area contributed by atoms with Crippen molar-refractivity contribution in [2.45, 2.75) is 65.0 Å². The highest BCUT2D eigenvalue weighted by Gasteiger charge is 2.24. The Hall–Kier alpha value is -4.32. The van der Waals surface area contributed by atoms with Crippen LogP contribution in [0.3, 0.4) is 0 Å². The Kier molecular flexibility index (Phi) is 10.0. The average Bonchev–Trinajstić information content (AvgIpc) is 3.33. The smallest absolute Gasteiger partial charge is 0.317 e. The lowest BCUT2D eigenvalue weighted by atomic mass is 10.0. The first-order valence-electron chi connectivity index (χ1n) is 14.4. The molecule has 0 saturated carbocycles. The Balaban J connectivity index is 1.51. The molecule has 2 aromatic carbocycles. The van der Waals surface area contributed by atoms with Crippen molar-refractivity contribution in [3.63, 3.8) is 0 Å². The molecule has 0 bridgehead atoms. The van der Waals surface area contributed by atoms with E-state index < -0.39 is 0 Å². The van der Waals surface area contributed by atoms with Crippen LogP contribution in [0.1, 0.15) is 67.3 Å². The number of nitrogens with zero attached hydrogens (tertiary/aromatic N) is 4. The maximum atomic E-state index is 13.3. The number of ether oxygens (including phenoxy) is 1. The van der Waals surface area contributed by atoms with Gasteiger partial charge in [0.15, 0.2) is 0 Å². The van der Waals surface area contributed by atoms with Crippen LogP contribution in [0.4, 0.5) is 4.79 Å². The fourth-order valence-electron chi connectivity index (χ4n) is 4.97. The van der Waals surface area contributed by atoms with Crippen molar-refractivity contribution in [2.75, 3.05) is 19.6 Å². The van der Waals surface area contributed by atoms with Crippen LogP contribution in [0.2, 0.25) is 0 Å². The number of aryl methyl sites for hydroxylation is 2. The van der Waals surface area contributed by atoms with Crippen molar-refractivity contribution in [3.8, 4) is 23.1 Å². The molecule has 9 nitrogen and oxygen atoms in total. The van der Waals surface area contributed by atoms with Crippen LogP contribution >= 0.6 is 0 Å². The van der Waals surface area contributed by atoms with Gasteiger partial charge in [-0.2, -0.15) is 5.26 Å². The predicted molar refractivity (Wildman–Crippen MR) is 159 cm³/mol. The Labute approximate surface area is 242 Å². The molecule has 3 aromatic rings. The van der Waals surface area contributed by atoms with E-state index in [0.717, 1.165) is 48.3 Å². The minimum Gasteiger partial charge on any atom is -0.490 e. The number of urea groups is 1. The van der Waals surface area contributed by atoms with E-state index in [1.54, 1.807) is 23.1 Å². The van der Waals surface area contributed by atoms with Crippen LogP contribution in [0.25, 0.3) is 11.3 Å². The minimum absolute atomic E-state index is 0.0889. The number of rotatable bonds is 12. The molecule has 216 valence electrons. The summed E-state index contributed by atoms with van der Waals surface area (Å²) in [5, 5.41) is 15.6. The van der Waals surface area contributed by atoms with Crippen LogP contribution in [-0.4, -0.2) is 58.2 Å². The van der Waals surface area contributed by atoms with Crippen LogP contribution in [0.15, 0.2) is 48.7 Å². The van der Waals surface area contributed by atoms with E-state index in [1.165, 1.54) is 0 Å². The maximum absolute atomic E-state index is 13.3. The highest BCUT2D eigenvalue weighted by Crippen LogP contribution is 2.22. The molecule has 9 heteroatoms. The van der Waals surface area contributed by atoms with Gasteiger partial charge in [0.25, 0.3) is 5.91 Å². The van der Waals surface area contributed by atoms with Crippen LogP contribution in [-0.2, 0) is 19.9 Å². The molecule has 3 amide bonds. The lowest BCUT2D eigenvalue weighted by Gasteiger charge is -2.31. The fraction of sp³-hybridized carbons (Fsp3) is 0.438. The lowest BCUT2D eigenvalue weighted by Crippen LogP contribution is -2.52. The Bertz CT molecular complexity index is 1390. The van der Waals surface area contributed by atoms with E-state index in [2.05, 4.69) is 58.7 Å². The molecule has 1 saturated heterocycles. The van der Waals surface area contributed by atoms with Crippen molar-refractivity contribution < 1.29 is 14.3 Å². The summed E-state index contributed by atoms with van der Waals surface area (Å²) in [5.74, 6) is 1.23. The van der Waals surface area contributed by atoms with Gasteiger partial charge < -0.3 is 24.8 Å².